The Morgan fingerprint density at radius 2 is 1.67 bits per heavy atom. The van der Waals surface area contributed by atoms with Gasteiger partial charge in [-0.15, -0.1) is 0 Å². The van der Waals surface area contributed by atoms with Crippen molar-refractivity contribution >= 4 is 44.9 Å². The Kier molecular flexibility index (Phi) is 5.70. The first-order chi connectivity index (χ1) is 12.4. The van der Waals surface area contributed by atoms with Gasteiger partial charge in [-0.1, -0.05) is 11.6 Å². The summed E-state index contributed by atoms with van der Waals surface area (Å²) in [5.41, 5.74) is -3.45. The molecule has 27 heavy (non-hydrogen) atoms. The summed E-state index contributed by atoms with van der Waals surface area (Å²) in [5, 5.41) is 21.7. The minimum atomic E-state index is -4.87. The number of benzene rings is 2. The molecule has 0 aliphatic heterocycles. The maximum absolute atomic E-state index is 12.8. The number of ether oxygens (including phenoxy) is 1. The molecule has 8 nitrogen and oxygen atoms in total. The Hall–Kier alpha value is -2.73. The largest absolute Gasteiger partial charge is 0.416 e. The second-order valence-electron chi connectivity index (χ2n) is 4.87. The fourth-order valence-corrected chi connectivity index (χ4v) is 2.63. The standard InChI is InChI=1S/C14H5BrClF3N2O6/c15-8-4-7(14(17,18)19)5-11(21(25)26)12(8)27-13(22)6-1-2-9(16)10(3-6)20(23)24/h1-5H. The zero-order chi connectivity index (χ0) is 20.5. The minimum Gasteiger partial charge on any atom is -0.414 e. The van der Waals surface area contributed by atoms with Crippen LogP contribution in [0.3, 0.4) is 0 Å². The van der Waals surface area contributed by atoms with Crippen LogP contribution < -0.4 is 4.74 Å². The van der Waals surface area contributed by atoms with Gasteiger partial charge < -0.3 is 4.74 Å². The number of nitro groups is 2. The lowest BCUT2D eigenvalue weighted by molar-refractivity contribution is -0.385. The highest BCUT2D eigenvalue weighted by atomic mass is 79.9. The number of halogens is 5. The van der Waals surface area contributed by atoms with E-state index in [-0.39, 0.29) is 16.7 Å². The van der Waals surface area contributed by atoms with Gasteiger partial charge in [0, 0.05) is 12.1 Å². The molecule has 2 aromatic rings. The molecule has 0 aliphatic carbocycles. The Labute approximate surface area is 160 Å². The van der Waals surface area contributed by atoms with Crippen molar-refractivity contribution in [2.24, 2.45) is 0 Å². The van der Waals surface area contributed by atoms with Gasteiger partial charge in [-0.25, -0.2) is 4.79 Å². The molecule has 0 heterocycles. The first-order valence-corrected chi connectivity index (χ1v) is 7.80. The quantitative estimate of drug-likeness (QED) is 0.265. The molecule has 0 N–H and O–H groups in total. The SMILES string of the molecule is O=C(Oc1c(Br)cc(C(F)(F)F)cc1[N+](=O)[O-])c1ccc(Cl)c([N+](=O)[O-])c1. The lowest BCUT2D eigenvalue weighted by atomic mass is 10.1. The highest BCUT2D eigenvalue weighted by Gasteiger charge is 2.35. The number of carbonyl (C=O) groups is 1. The average Bonchev–Trinajstić information content (AvgIpc) is 2.55. The van der Waals surface area contributed by atoms with E-state index in [0.29, 0.717) is 6.07 Å². The molecular formula is C14H5BrClF3N2O6. The second kappa shape index (κ2) is 7.48. The summed E-state index contributed by atoms with van der Waals surface area (Å²) in [6.07, 6.45) is -4.87. The molecule has 0 saturated heterocycles. The maximum atomic E-state index is 12.8. The Balaban J connectivity index is 2.48. The van der Waals surface area contributed by atoms with E-state index < -0.39 is 49.2 Å². The number of alkyl halides is 3. The first-order valence-electron chi connectivity index (χ1n) is 6.63. The van der Waals surface area contributed by atoms with Gasteiger partial charge in [-0.3, -0.25) is 20.2 Å². The summed E-state index contributed by atoms with van der Waals surface area (Å²) in [6, 6.07) is 3.57. The number of nitrogens with zero attached hydrogens (tertiary/aromatic N) is 2. The Bertz CT molecular complexity index is 967. The van der Waals surface area contributed by atoms with Crippen molar-refractivity contribution in [3.63, 3.8) is 0 Å². The number of nitro benzene ring substituents is 2. The molecule has 0 fully saturated rings. The van der Waals surface area contributed by atoms with Crippen LogP contribution in [0.15, 0.2) is 34.8 Å². The van der Waals surface area contributed by atoms with Gasteiger partial charge in [-0.05, 0) is 34.1 Å². The molecule has 0 radical (unpaired) electrons. The van der Waals surface area contributed by atoms with Gasteiger partial charge in [0.1, 0.15) is 5.02 Å². The summed E-state index contributed by atoms with van der Waals surface area (Å²) >= 11 is 8.31. The third-order valence-electron chi connectivity index (χ3n) is 3.12. The molecule has 0 unspecified atom stereocenters. The van der Waals surface area contributed by atoms with E-state index in [1.807, 2.05) is 0 Å². The smallest absolute Gasteiger partial charge is 0.414 e. The number of hydrogen-bond donors (Lipinski definition) is 0. The summed E-state index contributed by atoms with van der Waals surface area (Å²) in [6.45, 7) is 0. The summed E-state index contributed by atoms with van der Waals surface area (Å²) in [7, 11) is 0. The maximum Gasteiger partial charge on any atom is 0.416 e. The van der Waals surface area contributed by atoms with E-state index in [1.54, 1.807) is 0 Å². The molecule has 0 bridgehead atoms. The predicted molar refractivity (Wildman–Crippen MR) is 88.9 cm³/mol. The number of hydrogen-bond acceptors (Lipinski definition) is 6. The monoisotopic (exact) mass is 468 g/mol. The zero-order valence-corrected chi connectivity index (χ0v) is 15.0. The molecule has 0 spiro atoms. The molecule has 0 amide bonds. The van der Waals surface area contributed by atoms with Crippen LogP contribution in [0, 0.1) is 20.2 Å². The van der Waals surface area contributed by atoms with E-state index in [4.69, 9.17) is 16.3 Å². The Morgan fingerprint density at radius 1 is 1.07 bits per heavy atom. The lowest BCUT2D eigenvalue weighted by Gasteiger charge is -2.11. The van der Waals surface area contributed by atoms with Crippen LogP contribution in [0.25, 0.3) is 0 Å². The van der Waals surface area contributed by atoms with Crippen LogP contribution in [0.1, 0.15) is 15.9 Å². The molecule has 0 atom stereocenters. The molecule has 0 aliphatic rings. The fourth-order valence-electron chi connectivity index (χ4n) is 1.91. The van der Waals surface area contributed by atoms with Crippen molar-refractivity contribution in [1.29, 1.82) is 0 Å². The highest BCUT2D eigenvalue weighted by molar-refractivity contribution is 9.10. The van der Waals surface area contributed by atoms with Gasteiger partial charge in [0.2, 0.25) is 5.75 Å². The van der Waals surface area contributed by atoms with E-state index in [1.165, 1.54) is 0 Å². The fraction of sp³-hybridized carbons (Fsp3) is 0.0714. The number of esters is 1. The number of rotatable bonds is 4. The third kappa shape index (κ3) is 4.52. The van der Waals surface area contributed by atoms with E-state index in [0.717, 1.165) is 18.2 Å². The van der Waals surface area contributed by atoms with Crippen molar-refractivity contribution in [2.75, 3.05) is 0 Å². The predicted octanol–water partition coefficient (Wildman–Crippen LogP) is 5.16. The second-order valence-corrected chi connectivity index (χ2v) is 6.14. The van der Waals surface area contributed by atoms with Crippen LogP contribution in [0.2, 0.25) is 5.02 Å². The van der Waals surface area contributed by atoms with Crippen LogP contribution in [0.5, 0.6) is 5.75 Å². The molecular weight excluding hydrogens is 465 g/mol. The van der Waals surface area contributed by atoms with Crippen molar-refractivity contribution in [1.82, 2.24) is 0 Å². The summed E-state index contributed by atoms with van der Waals surface area (Å²) in [5.74, 6) is -2.05. The molecule has 13 heteroatoms. The van der Waals surface area contributed by atoms with Crippen molar-refractivity contribution in [3.05, 3.63) is 71.2 Å². The molecule has 2 aromatic carbocycles. The minimum absolute atomic E-state index is 0.206. The van der Waals surface area contributed by atoms with Gasteiger partial charge >= 0.3 is 17.8 Å². The van der Waals surface area contributed by atoms with Crippen LogP contribution in [0.4, 0.5) is 24.5 Å². The third-order valence-corrected chi connectivity index (χ3v) is 4.03. The normalized spacial score (nSPS) is 11.1. The van der Waals surface area contributed by atoms with Gasteiger partial charge in [0.05, 0.1) is 25.4 Å². The average molecular weight is 470 g/mol. The van der Waals surface area contributed by atoms with Crippen LogP contribution in [-0.2, 0) is 6.18 Å². The molecule has 142 valence electrons. The van der Waals surface area contributed by atoms with E-state index in [9.17, 15) is 38.2 Å². The lowest BCUT2D eigenvalue weighted by Crippen LogP contribution is -2.12. The van der Waals surface area contributed by atoms with Crippen LogP contribution >= 0.6 is 27.5 Å². The molecule has 2 rings (SSSR count). The Morgan fingerprint density at radius 3 is 2.19 bits per heavy atom. The van der Waals surface area contributed by atoms with Gasteiger partial charge in [0.15, 0.2) is 0 Å². The summed E-state index contributed by atoms with van der Waals surface area (Å²) < 4.78 is 42.7. The van der Waals surface area contributed by atoms with Crippen molar-refractivity contribution in [2.45, 2.75) is 6.18 Å². The first kappa shape index (κ1) is 20.6. The molecule has 0 aromatic heterocycles. The van der Waals surface area contributed by atoms with Crippen LogP contribution in [-0.4, -0.2) is 15.8 Å². The highest BCUT2D eigenvalue weighted by Crippen LogP contribution is 2.41. The van der Waals surface area contributed by atoms with Crippen molar-refractivity contribution in [3.8, 4) is 5.75 Å². The van der Waals surface area contributed by atoms with E-state index in [2.05, 4.69) is 15.9 Å². The summed E-state index contributed by atoms with van der Waals surface area (Å²) in [4.78, 5) is 32.1. The van der Waals surface area contributed by atoms with E-state index >= 15 is 0 Å². The van der Waals surface area contributed by atoms with Crippen molar-refractivity contribution < 1.29 is 32.5 Å². The van der Waals surface area contributed by atoms with Gasteiger partial charge in [0.25, 0.3) is 5.69 Å². The topological polar surface area (TPSA) is 113 Å². The zero-order valence-electron chi connectivity index (χ0n) is 12.6. The molecule has 0 saturated carbocycles. The number of carbonyl (C=O) groups excluding carboxylic acids is 1. The van der Waals surface area contributed by atoms with Gasteiger partial charge in [-0.2, -0.15) is 13.2 Å².